The second-order valence-electron chi connectivity index (χ2n) is 8.30. The number of nitrogens with zero attached hydrogens (tertiary/aromatic N) is 6. The predicted molar refractivity (Wildman–Crippen MR) is 115 cm³/mol. The molecule has 0 spiro atoms. The van der Waals surface area contributed by atoms with Crippen molar-refractivity contribution in [3.63, 3.8) is 0 Å². The predicted octanol–water partition coefficient (Wildman–Crippen LogP) is 3.74. The molecule has 0 saturated carbocycles. The van der Waals surface area contributed by atoms with Gasteiger partial charge in [-0.3, -0.25) is 4.90 Å². The highest BCUT2D eigenvalue weighted by Gasteiger charge is 2.20. The number of piperazine rings is 1. The van der Waals surface area contributed by atoms with E-state index in [9.17, 15) is 0 Å². The van der Waals surface area contributed by atoms with Crippen LogP contribution in [0.25, 0.3) is 11.5 Å². The van der Waals surface area contributed by atoms with Crippen LogP contribution < -0.4 is 4.90 Å². The lowest BCUT2D eigenvalue weighted by molar-refractivity contribution is 0.191. The second-order valence-corrected chi connectivity index (χ2v) is 8.64. The Labute approximate surface area is 176 Å². The van der Waals surface area contributed by atoms with Crippen LogP contribution in [0.4, 0.5) is 5.95 Å². The average Bonchev–Trinajstić information content (AvgIpc) is 3.09. The fraction of sp³-hybridized carbons (Fsp3) is 0.429. The maximum absolute atomic E-state index is 5.77. The van der Waals surface area contributed by atoms with Gasteiger partial charge in [0.05, 0.1) is 6.67 Å². The summed E-state index contributed by atoms with van der Waals surface area (Å²) in [6, 6.07) is 10.2. The van der Waals surface area contributed by atoms with Gasteiger partial charge in [-0.2, -0.15) is 0 Å². The summed E-state index contributed by atoms with van der Waals surface area (Å²) in [6.45, 7) is 10.7. The third-order valence-corrected chi connectivity index (χ3v) is 5.44. The van der Waals surface area contributed by atoms with E-state index in [4.69, 9.17) is 16.6 Å². The molecule has 0 unspecified atom stereocenters. The molecule has 3 heterocycles. The summed E-state index contributed by atoms with van der Waals surface area (Å²) in [7, 11) is 0. The van der Waals surface area contributed by atoms with Crippen LogP contribution in [-0.2, 0) is 12.1 Å². The van der Waals surface area contributed by atoms with Crippen molar-refractivity contribution in [3.05, 3.63) is 53.1 Å². The normalized spacial score (nSPS) is 15.6. The highest BCUT2D eigenvalue weighted by atomic mass is 32.1. The maximum atomic E-state index is 5.77. The summed E-state index contributed by atoms with van der Waals surface area (Å²) in [5.74, 6) is 1.35. The number of rotatable bonds is 4. The fourth-order valence-corrected chi connectivity index (χ4v) is 3.54. The largest absolute Gasteiger partial charge is 0.409 e. The lowest BCUT2D eigenvalue weighted by atomic mass is 9.87. The highest BCUT2D eigenvalue weighted by molar-refractivity contribution is 7.71. The van der Waals surface area contributed by atoms with E-state index in [2.05, 4.69) is 57.8 Å². The molecule has 1 aromatic carbocycles. The zero-order valence-corrected chi connectivity index (χ0v) is 17.9. The molecule has 7 nitrogen and oxygen atoms in total. The minimum atomic E-state index is 0.116. The Bertz CT molecular complexity index is 998. The van der Waals surface area contributed by atoms with Gasteiger partial charge in [-0.1, -0.05) is 32.9 Å². The number of hydrogen-bond acceptors (Lipinski definition) is 7. The smallest absolute Gasteiger partial charge is 0.288 e. The van der Waals surface area contributed by atoms with E-state index in [1.807, 2.05) is 18.2 Å². The van der Waals surface area contributed by atoms with Gasteiger partial charge in [0.1, 0.15) is 0 Å². The Morgan fingerprint density at radius 3 is 2.28 bits per heavy atom. The Balaban J connectivity index is 1.41. The van der Waals surface area contributed by atoms with Gasteiger partial charge < -0.3 is 9.32 Å². The zero-order valence-electron chi connectivity index (χ0n) is 17.1. The first-order chi connectivity index (χ1) is 13.9. The lowest BCUT2D eigenvalue weighted by Gasteiger charge is -2.34. The Hall–Kier alpha value is -2.58. The van der Waals surface area contributed by atoms with E-state index >= 15 is 0 Å². The number of anilines is 1. The average molecular weight is 411 g/mol. The van der Waals surface area contributed by atoms with E-state index in [1.165, 1.54) is 5.56 Å². The van der Waals surface area contributed by atoms with Crippen molar-refractivity contribution >= 4 is 18.2 Å². The topological polar surface area (TPSA) is 63.2 Å². The molecule has 0 amide bonds. The van der Waals surface area contributed by atoms with Gasteiger partial charge >= 0.3 is 0 Å². The van der Waals surface area contributed by atoms with Crippen molar-refractivity contribution in [2.24, 2.45) is 0 Å². The maximum Gasteiger partial charge on any atom is 0.288 e. The van der Waals surface area contributed by atoms with E-state index in [0.29, 0.717) is 17.4 Å². The first-order valence-corrected chi connectivity index (χ1v) is 10.2. The standard InChI is InChI=1S/C21H26N6OS/c1-21(2,3)17-7-5-16(6-8-17)18-24-27(20(29)28-18)15-25-11-13-26(14-12-25)19-22-9-4-10-23-19/h4-10H,11-15H2,1-3H3. The Morgan fingerprint density at radius 2 is 1.66 bits per heavy atom. The van der Waals surface area contributed by atoms with Crippen LogP contribution >= 0.6 is 12.2 Å². The molecule has 0 radical (unpaired) electrons. The summed E-state index contributed by atoms with van der Waals surface area (Å²) >= 11 is 5.40. The van der Waals surface area contributed by atoms with Crippen LogP contribution in [-0.4, -0.2) is 50.8 Å². The summed E-state index contributed by atoms with van der Waals surface area (Å²) in [6.07, 6.45) is 3.55. The quantitative estimate of drug-likeness (QED) is 0.607. The van der Waals surface area contributed by atoms with E-state index in [0.717, 1.165) is 37.7 Å². The molecule has 1 fully saturated rings. The molecular formula is C21H26N6OS. The van der Waals surface area contributed by atoms with Crippen LogP contribution in [0.5, 0.6) is 0 Å². The van der Waals surface area contributed by atoms with Crippen molar-refractivity contribution in [3.8, 4) is 11.5 Å². The lowest BCUT2D eigenvalue weighted by Crippen LogP contribution is -2.47. The van der Waals surface area contributed by atoms with E-state index < -0.39 is 0 Å². The summed E-state index contributed by atoms with van der Waals surface area (Å²) in [5, 5.41) is 4.61. The molecule has 3 aromatic rings. The molecular weight excluding hydrogens is 384 g/mol. The highest BCUT2D eigenvalue weighted by Crippen LogP contribution is 2.25. The van der Waals surface area contributed by atoms with Crippen LogP contribution in [0.2, 0.25) is 0 Å². The summed E-state index contributed by atoms with van der Waals surface area (Å²) < 4.78 is 7.53. The first kappa shape index (κ1) is 19.7. The second kappa shape index (κ2) is 8.04. The van der Waals surface area contributed by atoms with Crippen molar-refractivity contribution in [1.82, 2.24) is 24.6 Å². The van der Waals surface area contributed by atoms with Gasteiger partial charge in [-0.25, -0.2) is 14.6 Å². The molecule has 0 aliphatic carbocycles. The SMILES string of the molecule is CC(C)(C)c1ccc(-c2nn(CN3CCN(c4ncccn4)CC3)c(=S)o2)cc1. The zero-order chi connectivity index (χ0) is 20.4. The van der Waals surface area contributed by atoms with Gasteiger partial charge in [-0.15, -0.1) is 5.10 Å². The van der Waals surface area contributed by atoms with Crippen LogP contribution in [0.3, 0.4) is 0 Å². The molecule has 152 valence electrons. The fourth-order valence-electron chi connectivity index (χ4n) is 3.36. The summed E-state index contributed by atoms with van der Waals surface area (Å²) in [5.41, 5.74) is 2.33. The van der Waals surface area contributed by atoms with Crippen molar-refractivity contribution in [1.29, 1.82) is 0 Å². The number of benzene rings is 1. The van der Waals surface area contributed by atoms with Crippen LogP contribution in [0, 0.1) is 4.84 Å². The first-order valence-electron chi connectivity index (χ1n) is 9.83. The van der Waals surface area contributed by atoms with Gasteiger partial charge in [0.15, 0.2) is 0 Å². The van der Waals surface area contributed by atoms with Crippen molar-refractivity contribution < 1.29 is 4.42 Å². The molecule has 4 rings (SSSR count). The molecule has 1 aliphatic heterocycles. The Kier molecular flexibility index (Phi) is 5.47. The van der Waals surface area contributed by atoms with E-state index in [-0.39, 0.29) is 5.41 Å². The van der Waals surface area contributed by atoms with Crippen molar-refractivity contribution in [2.45, 2.75) is 32.9 Å². The molecule has 1 aliphatic rings. The van der Waals surface area contributed by atoms with Crippen molar-refractivity contribution in [2.75, 3.05) is 31.1 Å². The van der Waals surface area contributed by atoms with Gasteiger partial charge in [-0.05, 0) is 41.4 Å². The minimum Gasteiger partial charge on any atom is -0.409 e. The van der Waals surface area contributed by atoms with Gasteiger partial charge in [0.25, 0.3) is 4.84 Å². The third kappa shape index (κ3) is 4.54. The van der Waals surface area contributed by atoms with Gasteiger partial charge in [0, 0.05) is 44.1 Å². The summed E-state index contributed by atoms with van der Waals surface area (Å²) in [4.78, 5) is 13.6. The Morgan fingerprint density at radius 1 is 1.00 bits per heavy atom. The minimum absolute atomic E-state index is 0.116. The van der Waals surface area contributed by atoms with Gasteiger partial charge in [0.2, 0.25) is 11.8 Å². The number of aromatic nitrogens is 4. The third-order valence-electron chi connectivity index (χ3n) is 5.15. The monoisotopic (exact) mass is 410 g/mol. The molecule has 1 saturated heterocycles. The molecule has 2 aromatic heterocycles. The van der Waals surface area contributed by atoms with E-state index in [1.54, 1.807) is 17.1 Å². The molecule has 29 heavy (non-hydrogen) atoms. The molecule has 0 N–H and O–H groups in total. The van der Waals surface area contributed by atoms with Crippen LogP contribution in [0.15, 0.2) is 47.1 Å². The molecule has 8 heteroatoms. The number of hydrogen-bond donors (Lipinski definition) is 0. The van der Waals surface area contributed by atoms with Crippen LogP contribution in [0.1, 0.15) is 26.3 Å². The molecule has 0 atom stereocenters. The molecule has 0 bridgehead atoms.